The second kappa shape index (κ2) is 8.32. The van der Waals surface area contributed by atoms with Crippen molar-refractivity contribution in [2.75, 3.05) is 20.3 Å². The van der Waals surface area contributed by atoms with Crippen LogP contribution in [-0.2, 0) is 17.8 Å². The molecule has 1 saturated carbocycles. The van der Waals surface area contributed by atoms with Crippen LogP contribution in [0.4, 0.5) is 0 Å². The van der Waals surface area contributed by atoms with E-state index in [1.54, 1.807) is 7.11 Å². The van der Waals surface area contributed by atoms with Crippen LogP contribution < -0.4 is 5.32 Å². The molecule has 114 valence electrons. The second-order valence-corrected chi connectivity index (χ2v) is 5.74. The van der Waals surface area contributed by atoms with Gasteiger partial charge in [0.1, 0.15) is 0 Å². The van der Waals surface area contributed by atoms with Crippen LogP contribution in [0.1, 0.15) is 44.9 Å². The van der Waals surface area contributed by atoms with Crippen molar-refractivity contribution in [1.29, 1.82) is 0 Å². The van der Waals surface area contributed by atoms with Crippen molar-refractivity contribution < 1.29 is 4.74 Å². The number of nitrogens with zero attached hydrogens (tertiary/aromatic N) is 4. The van der Waals surface area contributed by atoms with E-state index in [1.807, 2.05) is 4.68 Å². The SMILES string of the molecule is CCC1CCC(Cn2nnnc2CNCCOC)CC1. The van der Waals surface area contributed by atoms with E-state index in [0.29, 0.717) is 13.2 Å². The summed E-state index contributed by atoms with van der Waals surface area (Å²) in [6.07, 6.45) is 6.69. The topological polar surface area (TPSA) is 64.9 Å². The number of ether oxygens (including phenoxy) is 1. The van der Waals surface area contributed by atoms with E-state index in [0.717, 1.165) is 30.7 Å². The Morgan fingerprint density at radius 2 is 2.00 bits per heavy atom. The molecule has 6 heteroatoms. The fraction of sp³-hybridized carbons (Fsp3) is 0.929. The quantitative estimate of drug-likeness (QED) is 0.734. The number of tetrazole rings is 1. The van der Waals surface area contributed by atoms with Gasteiger partial charge in [-0.2, -0.15) is 0 Å². The highest BCUT2D eigenvalue weighted by Crippen LogP contribution is 2.31. The van der Waals surface area contributed by atoms with Crippen molar-refractivity contribution in [1.82, 2.24) is 25.5 Å². The Bertz CT molecular complexity index is 373. The van der Waals surface area contributed by atoms with Gasteiger partial charge in [-0.15, -0.1) is 5.10 Å². The number of nitrogens with one attached hydrogen (secondary N) is 1. The molecule has 6 nitrogen and oxygen atoms in total. The summed E-state index contributed by atoms with van der Waals surface area (Å²) in [6, 6.07) is 0. The summed E-state index contributed by atoms with van der Waals surface area (Å²) >= 11 is 0. The third-order valence-corrected chi connectivity index (χ3v) is 4.35. The van der Waals surface area contributed by atoms with E-state index in [1.165, 1.54) is 32.1 Å². The Morgan fingerprint density at radius 3 is 2.70 bits per heavy atom. The fourth-order valence-electron chi connectivity index (χ4n) is 2.93. The van der Waals surface area contributed by atoms with Crippen LogP contribution in [0, 0.1) is 11.8 Å². The van der Waals surface area contributed by atoms with Crippen LogP contribution in [0.25, 0.3) is 0 Å². The molecule has 0 saturated heterocycles. The van der Waals surface area contributed by atoms with Crippen molar-refractivity contribution in [3.63, 3.8) is 0 Å². The molecule has 20 heavy (non-hydrogen) atoms. The third-order valence-electron chi connectivity index (χ3n) is 4.35. The van der Waals surface area contributed by atoms with Crippen LogP contribution in [0.2, 0.25) is 0 Å². The molecule has 0 atom stereocenters. The molecule has 1 aliphatic rings. The molecule has 0 aromatic carbocycles. The van der Waals surface area contributed by atoms with Gasteiger partial charge in [0.2, 0.25) is 0 Å². The number of methoxy groups -OCH3 is 1. The van der Waals surface area contributed by atoms with Gasteiger partial charge < -0.3 is 10.1 Å². The molecule has 1 aromatic heterocycles. The highest BCUT2D eigenvalue weighted by Gasteiger charge is 2.21. The monoisotopic (exact) mass is 281 g/mol. The summed E-state index contributed by atoms with van der Waals surface area (Å²) in [5.74, 6) is 2.60. The summed E-state index contributed by atoms with van der Waals surface area (Å²) in [4.78, 5) is 0. The minimum atomic E-state index is 0.709. The van der Waals surface area contributed by atoms with Gasteiger partial charge in [-0.25, -0.2) is 4.68 Å². The largest absolute Gasteiger partial charge is 0.383 e. The average Bonchev–Trinajstić information content (AvgIpc) is 2.92. The van der Waals surface area contributed by atoms with Gasteiger partial charge in [-0.3, -0.25) is 0 Å². The zero-order valence-electron chi connectivity index (χ0n) is 12.7. The summed E-state index contributed by atoms with van der Waals surface area (Å²) in [5.41, 5.74) is 0. The molecule has 1 heterocycles. The summed E-state index contributed by atoms with van der Waals surface area (Å²) in [7, 11) is 1.71. The van der Waals surface area contributed by atoms with E-state index >= 15 is 0 Å². The van der Waals surface area contributed by atoms with E-state index in [9.17, 15) is 0 Å². The first-order valence-electron chi connectivity index (χ1n) is 7.78. The van der Waals surface area contributed by atoms with Gasteiger partial charge in [0.15, 0.2) is 5.82 Å². The maximum absolute atomic E-state index is 5.01. The van der Waals surface area contributed by atoms with Gasteiger partial charge in [-0.1, -0.05) is 26.2 Å². The first-order valence-corrected chi connectivity index (χ1v) is 7.78. The first kappa shape index (κ1) is 15.4. The maximum atomic E-state index is 5.01. The number of aromatic nitrogens is 4. The highest BCUT2D eigenvalue weighted by atomic mass is 16.5. The summed E-state index contributed by atoms with van der Waals surface area (Å²) in [5, 5.41) is 15.3. The molecule has 1 N–H and O–H groups in total. The third kappa shape index (κ3) is 4.52. The Labute approximate surface area is 121 Å². The number of hydrogen-bond donors (Lipinski definition) is 1. The van der Waals surface area contributed by atoms with Gasteiger partial charge in [0.05, 0.1) is 13.2 Å². The molecule has 0 spiro atoms. The Hall–Kier alpha value is -1.01. The van der Waals surface area contributed by atoms with E-state index in [2.05, 4.69) is 27.8 Å². The van der Waals surface area contributed by atoms with Crippen LogP contribution in [0.5, 0.6) is 0 Å². The average molecular weight is 281 g/mol. The van der Waals surface area contributed by atoms with Crippen LogP contribution in [0.3, 0.4) is 0 Å². The van der Waals surface area contributed by atoms with Crippen LogP contribution in [-0.4, -0.2) is 40.5 Å². The summed E-state index contributed by atoms with van der Waals surface area (Å²) in [6.45, 7) is 5.51. The van der Waals surface area contributed by atoms with Gasteiger partial charge in [0.25, 0.3) is 0 Å². The fourth-order valence-corrected chi connectivity index (χ4v) is 2.93. The van der Waals surface area contributed by atoms with Gasteiger partial charge in [-0.05, 0) is 35.1 Å². The molecule has 1 fully saturated rings. The molecule has 0 radical (unpaired) electrons. The van der Waals surface area contributed by atoms with Gasteiger partial charge in [0, 0.05) is 20.2 Å². The van der Waals surface area contributed by atoms with Crippen LogP contribution in [0.15, 0.2) is 0 Å². The molecule has 1 aliphatic carbocycles. The van der Waals surface area contributed by atoms with Crippen molar-refractivity contribution in [3.8, 4) is 0 Å². The molecule has 0 amide bonds. The van der Waals surface area contributed by atoms with Gasteiger partial charge >= 0.3 is 0 Å². The number of hydrogen-bond acceptors (Lipinski definition) is 5. The minimum Gasteiger partial charge on any atom is -0.383 e. The standard InChI is InChI=1S/C14H27N5O/c1-3-12-4-6-13(7-5-12)11-19-14(16-17-18-19)10-15-8-9-20-2/h12-13,15H,3-11H2,1-2H3. The molecule has 1 aromatic rings. The highest BCUT2D eigenvalue weighted by molar-refractivity contribution is 4.82. The van der Waals surface area contributed by atoms with E-state index in [4.69, 9.17) is 4.74 Å². The molecular weight excluding hydrogens is 254 g/mol. The Morgan fingerprint density at radius 1 is 1.25 bits per heavy atom. The van der Waals surface area contributed by atoms with Crippen molar-refractivity contribution in [2.45, 2.75) is 52.1 Å². The molecule has 0 bridgehead atoms. The van der Waals surface area contributed by atoms with E-state index in [-0.39, 0.29) is 0 Å². The molecule has 0 unspecified atom stereocenters. The zero-order valence-corrected chi connectivity index (χ0v) is 12.7. The van der Waals surface area contributed by atoms with Crippen molar-refractivity contribution in [2.24, 2.45) is 11.8 Å². The lowest BCUT2D eigenvalue weighted by atomic mass is 9.81. The molecule has 2 rings (SSSR count). The smallest absolute Gasteiger partial charge is 0.165 e. The van der Waals surface area contributed by atoms with Crippen LogP contribution >= 0.6 is 0 Å². The number of rotatable bonds is 8. The second-order valence-electron chi connectivity index (χ2n) is 5.74. The lowest BCUT2D eigenvalue weighted by molar-refractivity contribution is 0.198. The van der Waals surface area contributed by atoms with E-state index < -0.39 is 0 Å². The van der Waals surface area contributed by atoms with Crippen molar-refractivity contribution in [3.05, 3.63) is 5.82 Å². The predicted molar refractivity (Wildman–Crippen MR) is 77.1 cm³/mol. The first-order chi connectivity index (χ1) is 9.83. The predicted octanol–water partition coefficient (Wildman–Crippen LogP) is 1.63. The van der Waals surface area contributed by atoms with Crippen molar-refractivity contribution >= 4 is 0 Å². The lowest BCUT2D eigenvalue weighted by Gasteiger charge is -2.27. The lowest BCUT2D eigenvalue weighted by Crippen LogP contribution is -2.24. The molecule has 0 aliphatic heterocycles. The Kier molecular flexibility index (Phi) is 6.39. The molecular formula is C14H27N5O. The summed E-state index contributed by atoms with van der Waals surface area (Å²) < 4.78 is 6.98. The minimum absolute atomic E-state index is 0.709. The maximum Gasteiger partial charge on any atom is 0.165 e. The zero-order chi connectivity index (χ0) is 14.2. The Balaban J connectivity index is 1.77. The normalized spacial score (nSPS) is 23.1.